The average molecular weight is 598 g/mol. The molecule has 3 aromatic rings. The Morgan fingerprint density at radius 3 is 2.48 bits per heavy atom. The van der Waals surface area contributed by atoms with Gasteiger partial charge in [0.1, 0.15) is 11.4 Å². The number of rotatable bonds is 9. The number of amides is 1. The van der Waals surface area contributed by atoms with Crippen molar-refractivity contribution in [3.63, 3.8) is 0 Å². The first kappa shape index (κ1) is 30.2. The molecule has 1 aliphatic heterocycles. The molecule has 0 atom stereocenters. The molecule has 9 nitrogen and oxygen atoms in total. The summed E-state index contributed by atoms with van der Waals surface area (Å²) in [6, 6.07) is 11.3. The Morgan fingerprint density at radius 2 is 1.76 bits per heavy atom. The minimum Gasteiger partial charge on any atom is -0.367 e. The first-order chi connectivity index (χ1) is 20.2. The first-order valence-corrected chi connectivity index (χ1v) is 16.2. The van der Waals surface area contributed by atoms with E-state index < -0.39 is 21.4 Å². The van der Waals surface area contributed by atoms with Gasteiger partial charge in [-0.05, 0) is 56.1 Å². The fraction of sp³-hybridized carbons (Fsp3) is 0.484. The van der Waals surface area contributed by atoms with E-state index in [0.717, 1.165) is 64.8 Å². The zero-order chi connectivity index (χ0) is 29.9. The van der Waals surface area contributed by atoms with Crippen LogP contribution >= 0.6 is 0 Å². The molecule has 5 rings (SSSR count). The lowest BCUT2D eigenvalue weighted by Crippen LogP contribution is -2.47. The standard InChI is InChI=1S/C31H40FN5O4S/c1-34-22-26(31(39)33-15-8-16-36-17-19-37(20-18-36)29-12-7-6-11-27(29)32)30(38)25-21-24(13-14-28(25)34)42(40,41)35(2)23-9-4-3-5-10-23/h6-7,11-14,21-23H,3-5,8-10,15-20H2,1-2H3,(H,33,39). The summed E-state index contributed by atoms with van der Waals surface area (Å²) in [5.41, 5.74) is 0.689. The Hall–Kier alpha value is -3.28. The van der Waals surface area contributed by atoms with Gasteiger partial charge in [-0.3, -0.25) is 14.5 Å². The number of anilines is 1. The van der Waals surface area contributed by atoms with Gasteiger partial charge in [-0.2, -0.15) is 4.31 Å². The van der Waals surface area contributed by atoms with Crippen LogP contribution in [0.25, 0.3) is 10.9 Å². The molecule has 0 unspecified atom stereocenters. The van der Waals surface area contributed by atoms with Crippen LogP contribution in [-0.4, -0.2) is 80.5 Å². The number of para-hydroxylation sites is 1. The van der Waals surface area contributed by atoms with Crippen molar-refractivity contribution in [2.75, 3.05) is 51.2 Å². The van der Waals surface area contributed by atoms with Gasteiger partial charge < -0.3 is 14.8 Å². The van der Waals surface area contributed by atoms with E-state index in [-0.39, 0.29) is 27.7 Å². The van der Waals surface area contributed by atoms with Gasteiger partial charge in [0.05, 0.1) is 16.1 Å². The van der Waals surface area contributed by atoms with Crippen molar-refractivity contribution in [1.29, 1.82) is 0 Å². The van der Waals surface area contributed by atoms with Gasteiger partial charge in [-0.15, -0.1) is 0 Å². The van der Waals surface area contributed by atoms with Crippen LogP contribution in [0.4, 0.5) is 10.1 Å². The van der Waals surface area contributed by atoms with Crippen molar-refractivity contribution in [3.05, 3.63) is 70.3 Å². The van der Waals surface area contributed by atoms with Crippen LogP contribution in [0, 0.1) is 5.82 Å². The van der Waals surface area contributed by atoms with E-state index in [1.807, 2.05) is 11.0 Å². The third kappa shape index (κ3) is 6.38. The largest absolute Gasteiger partial charge is 0.367 e. The number of aryl methyl sites for hydroxylation is 1. The van der Waals surface area contributed by atoms with Gasteiger partial charge in [0, 0.05) is 64.4 Å². The number of sulfonamides is 1. The quantitative estimate of drug-likeness (QED) is 0.379. The topological polar surface area (TPSA) is 95.0 Å². The van der Waals surface area contributed by atoms with Crippen LogP contribution < -0.4 is 15.6 Å². The van der Waals surface area contributed by atoms with Crippen molar-refractivity contribution in [1.82, 2.24) is 19.1 Å². The fourth-order valence-corrected chi connectivity index (χ4v) is 7.56. The van der Waals surface area contributed by atoms with E-state index >= 15 is 0 Å². The molecular formula is C31H40FN5O4S. The van der Waals surface area contributed by atoms with Gasteiger partial charge in [0.25, 0.3) is 5.91 Å². The lowest BCUT2D eigenvalue weighted by atomic mass is 9.96. The van der Waals surface area contributed by atoms with E-state index in [1.165, 1.54) is 28.7 Å². The molecule has 0 bridgehead atoms. The maximum atomic E-state index is 14.1. The van der Waals surface area contributed by atoms with Gasteiger partial charge in [0.2, 0.25) is 15.5 Å². The molecule has 2 aromatic carbocycles. The molecule has 1 saturated heterocycles. The molecule has 1 aliphatic carbocycles. The lowest BCUT2D eigenvalue weighted by molar-refractivity contribution is 0.0950. The number of carbonyl (C=O) groups excluding carboxylic acids is 1. The average Bonchev–Trinajstić information content (AvgIpc) is 3.01. The Labute approximate surface area is 247 Å². The maximum absolute atomic E-state index is 14.1. The molecule has 0 spiro atoms. The Morgan fingerprint density at radius 1 is 1.05 bits per heavy atom. The molecule has 1 aromatic heterocycles. The molecule has 2 aliphatic rings. The Balaban J connectivity index is 1.20. The minimum atomic E-state index is -3.78. The SMILES string of the molecule is CN(C1CCCCC1)S(=O)(=O)c1ccc2c(c1)c(=O)c(C(=O)NCCCN1CCN(c3ccccc3F)CC1)cn2C. The molecule has 2 heterocycles. The Kier molecular flexibility index (Phi) is 9.29. The predicted molar refractivity (Wildman–Crippen MR) is 163 cm³/mol. The van der Waals surface area contributed by atoms with Crippen LogP contribution in [0.1, 0.15) is 48.9 Å². The van der Waals surface area contributed by atoms with E-state index in [9.17, 15) is 22.4 Å². The van der Waals surface area contributed by atoms with E-state index in [0.29, 0.717) is 24.2 Å². The van der Waals surface area contributed by atoms with Gasteiger partial charge >= 0.3 is 0 Å². The highest BCUT2D eigenvalue weighted by Gasteiger charge is 2.29. The number of fused-ring (bicyclic) bond motifs is 1. The maximum Gasteiger partial charge on any atom is 0.256 e. The normalized spacial score (nSPS) is 17.2. The lowest BCUT2D eigenvalue weighted by Gasteiger charge is -2.36. The van der Waals surface area contributed by atoms with Crippen molar-refractivity contribution in [2.45, 2.75) is 49.5 Å². The van der Waals surface area contributed by atoms with Gasteiger partial charge in [-0.25, -0.2) is 12.8 Å². The molecule has 2 fully saturated rings. The van der Waals surface area contributed by atoms with E-state index in [1.54, 1.807) is 36.9 Å². The Bertz CT molecular complexity index is 1590. The number of nitrogens with one attached hydrogen (secondary N) is 1. The smallest absolute Gasteiger partial charge is 0.256 e. The third-order valence-corrected chi connectivity index (χ3v) is 10.6. The summed E-state index contributed by atoms with van der Waals surface area (Å²) in [7, 11) is -0.435. The molecule has 1 amide bonds. The van der Waals surface area contributed by atoms with Crippen LogP contribution in [0.15, 0.2) is 58.4 Å². The summed E-state index contributed by atoms with van der Waals surface area (Å²) in [4.78, 5) is 30.8. The fourth-order valence-electron chi connectivity index (χ4n) is 6.12. The molecular weight excluding hydrogens is 557 g/mol. The number of benzene rings is 2. The number of carbonyl (C=O) groups is 1. The molecule has 226 valence electrons. The monoisotopic (exact) mass is 597 g/mol. The zero-order valence-electron chi connectivity index (χ0n) is 24.4. The molecule has 0 radical (unpaired) electrons. The number of hydrogen-bond acceptors (Lipinski definition) is 6. The van der Waals surface area contributed by atoms with Crippen molar-refractivity contribution < 1.29 is 17.6 Å². The molecule has 42 heavy (non-hydrogen) atoms. The van der Waals surface area contributed by atoms with Crippen LogP contribution in [-0.2, 0) is 17.1 Å². The number of hydrogen-bond donors (Lipinski definition) is 1. The molecule has 1 N–H and O–H groups in total. The van der Waals surface area contributed by atoms with Crippen molar-refractivity contribution in [2.24, 2.45) is 7.05 Å². The van der Waals surface area contributed by atoms with E-state index in [2.05, 4.69) is 10.2 Å². The summed E-state index contributed by atoms with van der Waals surface area (Å²) in [6.45, 7) is 4.23. The van der Waals surface area contributed by atoms with Gasteiger partial charge in [0.15, 0.2) is 0 Å². The van der Waals surface area contributed by atoms with Gasteiger partial charge in [-0.1, -0.05) is 31.4 Å². The zero-order valence-corrected chi connectivity index (χ0v) is 25.2. The summed E-state index contributed by atoms with van der Waals surface area (Å²) in [5, 5.41) is 3.06. The summed E-state index contributed by atoms with van der Waals surface area (Å²) in [6.07, 6.45) is 7.01. The first-order valence-electron chi connectivity index (χ1n) is 14.8. The number of piperazine rings is 1. The van der Waals surface area contributed by atoms with Crippen LogP contribution in [0.3, 0.4) is 0 Å². The number of pyridine rings is 1. The summed E-state index contributed by atoms with van der Waals surface area (Å²) < 4.78 is 44.1. The van der Waals surface area contributed by atoms with Crippen LogP contribution in [0.5, 0.6) is 0 Å². The number of halogens is 1. The molecule has 11 heteroatoms. The van der Waals surface area contributed by atoms with E-state index in [4.69, 9.17) is 0 Å². The van der Waals surface area contributed by atoms with Crippen LogP contribution in [0.2, 0.25) is 0 Å². The number of aromatic nitrogens is 1. The highest BCUT2D eigenvalue weighted by molar-refractivity contribution is 7.89. The third-order valence-electron chi connectivity index (χ3n) is 8.67. The summed E-state index contributed by atoms with van der Waals surface area (Å²) in [5.74, 6) is -0.687. The second-order valence-corrected chi connectivity index (χ2v) is 13.4. The minimum absolute atomic E-state index is 0.0151. The van der Waals surface area contributed by atoms with Crippen molar-refractivity contribution >= 4 is 32.5 Å². The highest BCUT2D eigenvalue weighted by Crippen LogP contribution is 2.27. The second-order valence-electron chi connectivity index (χ2n) is 11.4. The second kappa shape index (κ2) is 12.9. The number of nitrogens with zero attached hydrogens (tertiary/aromatic N) is 4. The molecule has 1 saturated carbocycles. The van der Waals surface area contributed by atoms with Crippen molar-refractivity contribution in [3.8, 4) is 0 Å². The summed E-state index contributed by atoms with van der Waals surface area (Å²) >= 11 is 0. The highest BCUT2D eigenvalue weighted by atomic mass is 32.2. The predicted octanol–water partition coefficient (Wildman–Crippen LogP) is 3.57.